The molecule has 1 aliphatic carbocycles. The molecule has 1 aliphatic rings. The van der Waals surface area contributed by atoms with Gasteiger partial charge >= 0.3 is 0 Å². The first-order valence-corrected chi connectivity index (χ1v) is 21.8. The highest BCUT2D eigenvalue weighted by molar-refractivity contribution is 5.97. The summed E-state index contributed by atoms with van der Waals surface area (Å²) in [6.07, 6.45) is 4.22. The summed E-state index contributed by atoms with van der Waals surface area (Å²) in [5.74, 6) is -3.53. The minimum absolute atomic E-state index is 0.0532. The van der Waals surface area contributed by atoms with E-state index in [0.717, 1.165) is 33.9 Å². The van der Waals surface area contributed by atoms with Gasteiger partial charge in [0.25, 0.3) is 0 Å². The SMILES string of the molecule is CCCCC(=O)N[C@]1(C(=O)N[C@H](Cc2ccccc2)C(=O)N[C@@H](CCCNC(=N)N)C(=O)N[C@@H](Cc2ccc3ccccc3c2)C(=O)NCC(N)=O)CC[C@H](c2ccccc2)CC1. The number of guanidine groups is 1. The number of amides is 6. The topological polar surface area (TPSA) is 250 Å². The quantitative estimate of drug-likeness (QED) is 0.0321. The van der Waals surface area contributed by atoms with Gasteiger partial charge in [0, 0.05) is 25.8 Å². The zero-order valence-electron chi connectivity index (χ0n) is 35.9. The van der Waals surface area contributed by atoms with E-state index < -0.39 is 59.7 Å². The number of hydrogen-bond donors (Lipinski definition) is 9. The van der Waals surface area contributed by atoms with Gasteiger partial charge in [-0.2, -0.15) is 0 Å². The Kier molecular flexibility index (Phi) is 17.6. The fourth-order valence-electron chi connectivity index (χ4n) is 8.05. The number of hydrogen-bond acceptors (Lipinski definition) is 7. The van der Waals surface area contributed by atoms with E-state index in [-0.39, 0.29) is 56.4 Å². The molecule has 0 aliphatic heterocycles. The Morgan fingerprint density at radius 3 is 1.95 bits per heavy atom. The number of rotatable bonds is 22. The van der Waals surface area contributed by atoms with Crippen LogP contribution in [0, 0.1) is 5.41 Å². The molecule has 15 heteroatoms. The highest BCUT2D eigenvalue weighted by Crippen LogP contribution is 2.38. The van der Waals surface area contributed by atoms with Gasteiger partial charge in [-0.25, -0.2) is 0 Å². The van der Waals surface area contributed by atoms with Crippen molar-refractivity contribution in [3.63, 3.8) is 0 Å². The maximum atomic E-state index is 14.7. The van der Waals surface area contributed by atoms with Gasteiger partial charge in [-0.05, 0) is 78.3 Å². The minimum atomic E-state index is -1.27. The molecule has 0 aromatic heterocycles. The van der Waals surface area contributed by atoms with Gasteiger partial charge in [0.1, 0.15) is 23.7 Å². The molecular weight excluding hydrogens is 799 g/mol. The number of fused-ring (bicyclic) bond motifs is 1. The predicted molar refractivity (Wildman–Crippen MR) is 243 cm³/mol. The molecule has 6 amide bonds. The molecule has 63 heavy (non-hydrogen) atoms. The molecule has 0 unspecified atom stereocenters. The maximum Gasteiger partial charge on any atom is 0.246 e. The van der Waals surface area contributed by atoms with E-state index in [1.165, 1.54) is 0 Å². The molecular formula is C48H61N9O6. The fourth-order valence-corrected chi connectivity index (χ4v) is 8.05. The molecule has 0 saturated heterocycles. The van der Waals surface area contributed by atoms with Gasteiger partial charge < -0.3 is 43.4 Å². The van der Waals surface area contributed by atoms with Crippen LogP contribution in [0.5, 0.6) is 0 Å². The first-order valence-electron chi connectivity index (χ1n) is 21.8. The molecule has 0 bridgehead atoms. The van der Waals surface area contributed by atoms with Crippen LogP contribution < -0.4 is 43.4 Å². The summed E-state index contributed by atoms with van der Waals surface area (Å²) < 4.78 is 0. The Labute approximate surface area is 368 Å². The molecule has 4 aromatic carbocycles. The summed E-state index contributed by atoms with van der Waals surface area (Å²) in [6.45, 7) is 1.75. The van der Waals surface area contributed by atoms with Crippen LogP contribution in [0.2, 0.25) is 0 Å². The number of unbranched alkanes of at least 4 members (excludes halogenated alkanes) is 1. The van der Waals surface area contributed by atoms with Crippen LogP contribution in [0.3, 0.4) is 0 Å². The molecule has 0 spiro atoms. The third kappa shape index (κ3) is 14.4. The number of nitrogens with one attached hydrogen (secondary N) is 7. The molecule has 1 fully saturated rings. The predicted octanol–water partition coefficient (Wildman–Crippen LogP) is 3.35. The van der Waals surface area contributed by atoms with E-state index in [1.54, 1.807) is 0 Å². The molecule has 11 N–H and O–H groups in total. The van der Waals surface area contributed by atoms with Crippen LogP contribution in [0.4, 0.5) is 0 Å². The standard InChI is InChI=1S/C48H61N9O6/c1-2-3-20-42(59)57-48(25-23-36(24-26-48)34-15-8-5-9-16-34)46(63)56-40(29-32-13-6-4-7-14-32)45(62)54-38(19-12-27-52-47(50)51)44(61)55-39(43(60)53-31-41(49)58)30-33-21-22-35-17-10-11-18-37(35)28-33/h4-11,13-18,21-22,28,36,38-40H,2-3,12,19-20,23-27,29-31H2,1H3,(H2,49,58)(H,53,60)(H,54,62)(H,55,61)(H,56,63)(H,57,59)(H4,50,51,52)/t36-,38-,39-,40+,48+/m0/s1. The molecule has 1 saturated carbocycles. The van der Waals surface area contributed by atoms with Gasteiger partial charge in [0.2, 0.25) is 35.4 Å². The van der Waals surface area contributed by atoms with Crippen LogP contribution in [0.15, 0.2) is 103 Å². The Morgan fingerprint density at radius 2 is 1.29 bits per heavy atom. The third-order valence-electron chi connectivity index (χ3n) is 11.5. The Hall–Kier alpha value is -6.77. The molecule has 3 atom stereocenters. The second-order valence-corrected chi connectivity index (χ2v) is 16.3. The molecule has 0 heterocycles. The number of carbonyl (C=O) groups excluding carboxylic acids is 6. The lowest BCUT2D eigenvalue weighted by atomic mass is 9.73. The van der Waals surface area contributed by atoms with Crippen molar-refractivity contribution < 1.29 is 28.8 Å². The highest BCUT2D eigenvalue weighted by atomic mass is 16.2. The summed E-state index contributed by atoms with van der Waals surface area (Å²) in [7, 11) is 0. The van der Waals surface area contributed by atoms with E-state index in [9.17, 15) is 28.8 Å². The van der Waals surface area contributed by atoms with Gasteiger partial charge in [-0.15, -0.1) is 0 Å². The molecule has 5 rings (SSSR count). The van der Waals surface area contributed by atoms with Gasteiger partial charge in [-0.3, -0.25) is 34.2 Å². The van der Waals surface area contributed by atoms with Crippen LogP contribution >= 0.6 is 0 Å². The van der Waals surface area contributed by atoms with E-state index >= 15 is 0 Å². The number of nitrogens with two attached hydrogens (primary N) is 2. The first kappa shape index (κ1) is 47.3. The molecule has 0 radical (unpaired) electrons. The number of primary amides is 1. The monoisotopic (exact) mass is 859 g/mol. The summed E-state index contributed by atoms with van der Waals surface area (Å²) in [6, 6.07) is 29.0. The van der Waals surface area contributed by atoms with Crippen molar-refractivity contribution in [2.45, 2.75) is 107 Å². The van der Waals surface area contributed by atoms with Crippen molar-refractivity contribution in [1.82, 2.24) is 31.9 Å². The van der Waals surface area contributed by atoms with Crippen molar-refractivity contribution in [3.05, 3.63) is 120 Å². The first-order chi connectivity index (χ1) is 30.4. The minimum Gasteiger partial charge on any atom is -0.370 e. The van der Waals surface area contributed by atoms with Crippen LogP contribution in [0.25, 0.3) is 10.8 Å². The Morgan fingerprint density at radius 1 is 0.683 bits per heavy atom. The lowest BCUT2D eigenvalue weighted by Gasteiger charge is -2.40. The molecule has 4 aromatic rings. The molecule has 15 nitrogen and oxygen atoms in total. The van der Waals surface area contributed by atoms with Crippen LogP contribution in [-0.4, -0.2) is 78.2 Å². The summed E-state index contributed by atoms with van der Waals surface area (Å²) >= 11 is 0. The highest BCUT2D eigenvalue weighted by Gasteiger charge is 2.44. The maximum absolute atomic E-state index is 14.7. The smallest absolute Gasteiger partial charge is 0.246 e. The van der Waals surface area contributed by atoms with Crippen molar-refractivity contribution in [3.8, 4) is 0 Å². The van der Waals surface area contributed by atoms with E-state index in [2.05, 4.69) is 44.0 Å². The van der Waals surface area contributed by atoms with Crippen molar-refractivity contribution in [2.75, 3.05) is 13.1 Å². The average molecular weight is 860 g/mol. The van der Waals surface area contributed by atoms with Crippen molar-refractivity contribution in [1.29, 1.82) is 5.41 Å². The number of carbonyl (C=O) groups is 6. The van der Waals surface area contributed by atoms with Crippen molar-refractivity contribution >= 4 is 52.2 Å². The third-order valence-corrected chi connectivity index (χ3v) is 11.5. The molecule has 334 valence electrons. The number of benzene rings is 4. The van der Waals surface area contributed by atoms with Gasteiger partial charge in [0.15, 0.2) is 5.96 Å². The average Bonchev–Trinajstić information content (AvgIpc) is 3.28. The van der Waals surface area contributed by atoms with Gasteiger partial charge in [-0.1, -0.05) is 116 Å². The van der Waals surface area contributed by atoms with E-state index in [1.807, 2.05) is 97.9 Å². The normalized spacial score (nSPS) is 17.3. The lowest BCUT2D eigenvalue weighted by Crippen LogP contribution is -2.64. The van der Waals surface area contributed by atoms with Crippen LogP contribution in [-0.2, 0) is 41.6 Å². The van der Waals surface area contributed by atoms with E-state index in [0.29, 0.717) is 32.1 Å². The zero-order chi connectivity index (χ0) is 45.2. The Balaban J connectivity index is 1.41. The fraction of sp³-hybridized carbons (Fsp3) is 0.396. The largest absolute Gasteiger partial charge is 0.370 e. The second-order valence-electron chi connectivity index (χ2n) is 16.3. The van der Waals surface area contributed by atoms with Crippen molar-refractivity contribution in [2.24, 2.45) is 11.5 Å². The second kappa shape index (κ2) is 23.4. The summed E-state index contributed by atoms with van der Waals surface area (Å²) in [4.78, 5) is 82.0. The van der Waals surface area contributed by atoms with Gasteiger partial charge in [0.05, 0.1) is 6.54 Å². The van der Waals surface area contributed by atoms with E-state index in [4.69, 9.17) is 16.9 Å². The summed E-state index contributed by atoms with van der Waals surface area (Å²) in [5, 5.41) is 26.4. The van der Waals surface area contributed by atoms with Crippen LogP contribution in [0.1, 0.15) is 87.3 Å². The summed E-state index contributed by atoms with van der Waals surface area (Å²) in [5.41, 5.74) is 12.2. The Bertz CT molecular complexity index is 2190. The lowest BCUT2D eigenvalue weighted by molar-refractivity contribution is -0.138. The zero-order valence-corrected chi connectivity index (χ0v) is 35.9.